The summed E-state index contributed by atoms with van der Waals surface area (Å²) in [5, 5.41) is 8.25. The second-order valence-corrected chi connectivity index (χ2v) is 6.58. The molecule has 0 radical (unpaired) electrons. The van der Waals surface area contributed by atoms with E-state index in [0.29, 0.717) is 16.9 Å². The van der Waals surface area contributed by atoms with Crippen LogP contribution >= 0.6 is 0 Å². The van der Waals surface area contributed by atoms with E-state index in [-0.39, 0.29) is 37.1 Å². The van der Waals surface area contributed by atoms with E-state index < -0.39 is 0 Å². The van der Waals surface area contributed by atoms with E-state index in [1.165, 1.54) is 0 Å². The first kappa shape index (κ1) is 20.7. The minimum absolute atomic E-state index is 0.133. The van der Waals surface area contributed by atoms with E-state index in [0.717, 1.165) is 5.56 Å². The van der Waals surface area contributed by atoms with Crippen molar-refractivity contribution in [3.8, 4) is 0 Å². The van der Waals surface area contributed by atoms with Crippen molar-refractivity contribution >= 4 is 29.1 Å². The van der Waals surface area contributed by atoms with E-state index in [4.69, 9.17) is 0 Å². The van der Waals surface area contributed by atoms with Crippen LogP contribution in [0.5, 0.6) is 0 Å². The van der Waals surface area contributed by atoms with Gasteiger partial charge in [0.25, 0.3) is 5.91 Å². The quantitative estimate of drug-likeness (QED) is 0.539. The van der Waals surface area contributed by atoms with Gasteiger partial charge in [-0.3, -0.25) is 19.4 Å². The van der Waals surface area contributed by atoms with E-state index >= 15 is 0 Å². The molecule has 0 unspecified atom stereocenters. The Morgan fingerprint density at radius 1 is 0.767 bits per heavy atom. The summed E-state index contributed by atoms with van der Waals surface area (Å²) in [5.74, 6) is -0.670. The lowest BCUT2D eigenvalue weighted by Crippen LogP contribution is -2.28. The summed E-state index contributed by atoms with van der Waals surface area (Å²) in [6, 6.07) is 19.4. The number of anilines is 2. The summed E-state index contributed by atoms with van der Waals surface area (Å²) < 4.78 is 0. The summed E-state index contributed by atoms with van der Waals surface area (Å²) in [5.41, 5.74) is 2.48. The molecule has 3 aromatic rings. The van der Waals surface area contributed by atoms with Crippen molar-refractivity contribution in [2.45, 2.75) is 12.8 Å². The highest BCUT2D eigenvalue weighted by Crippen LogP contribution is 2.13. The van der Waals surface area contributed by atoms with Gasteiger partial charge in [0.05, 0.1) is 6.42 Å². The van der Waals surface area contributed by atoms with Gasteiger partial charge < -0.3 is 16.0 Å². The van der Waals surface area contributed by atoms with Gasteiger partial charge in [0.2, 0.25) is 11.8 Å². The molecule has 3 N–H and O–H groups in total. The van der Waals surface area contributed by atoms with Gasteiger partial charge in [-0.2, -0.15) is 0 Å². The minimum Gasteiger partial charge on any atom is -0.355 e. The maximum absolute atomic E-state index is 12.4. The maximum Gasteiger partial charge on any atom is 0.255 e. The van der Waals surface area contributed by atoms with Crippen LogP contribution in [0.15, 0.2) is 79.1 Å². The predicted octanol–water partition coefficient (Wildman–Crippen LogP) is 3.02. The van der Waals surface area contributed by atoms with E-state index in [1.807, 2.05) is 30.3 Å². The van der Waals surface area contributed by atoms with Crippen LogP contribution in [0.4, 0.5) is 11.4 Å². The molecule has 0 saturated heterocycles. The zero-order valence-corrected chi connectivity index (χ0v) is 16.3. The van der Waals surface area contributed by atoms with E-state index in [1.54, 1.807) is 48.8 Å². The van der Waals surface area contributed by atoms with E-state index in [9.17, 15) is 14.4 Å². The van der Waals surface area contributed by atoms with Crippen molar-refractivity contribution in [2.75, 3.05) is 17.2 Å². The topological polar surface area (TPSA) is 100 Å². The number of carbonyl (C=O) groups excluding carboxylic acids is 3. The molecule has 7 heteroatoms. The Balaban J connectivity index is 1.45. The third-order valence-electron chi connectivity index (χ3n) is 4.23. The summed E-state index contributed by atoms with van der Waals surface area (Å²) in [6.07, 6.45) is 3.58. The number of aromatic nitrogens is 1. The molecule has 1 heterocycles. The molecule has 3 amide bonds. The lowest BCUT2D eigenvalue weighted by atomic mass is 10.1. The van der Waals surface area contributed by atoms with Gasteiger partial charge in [-0.25, -0.2) is 0 Å². The standard InChI is InChI=1S/C23H22N4O3/c28-21(11-14-25-22(29)15-17-5-2-1-3-6-17)26-20-8-4-7-18(16-20)23(30)27-19-9-12-24-13-10-19/h1-10,12-13,16H,11,14-15H2,(H,25,29)(H,26,28)(H,24,27,30). The highest BCUT2D eigenvalue weighted by molar-refractivity contribution is 6.05. The molecule has 0 aliphatic carbocycles. The Hall–Kier alpha value is -4.00. The first-order valence-electron chi connectivity index (χ1n) is 9.52. The molecule has 152 valence electrons. The van der Waals surface area contributed by atoms with Crippen LogP contribution in [0.3, 0.4) is 0 Å². The van der Waals surface area contributed by atoms with Crippen molar-refractivity contribution in [1.29, 1.82) is 0 Å². The van der Waals surface area contributed by atoms with Gasteiger partial charge in [0.15, 0.2) is 0 Å². The molecular weight excluding hydrogens is 380 g/mol. The molecule has 0 bridgehead atoms. The van der Waals surface area contributed by atoms with Crippen molar-refractivity contribution in [3.05, 3.63) is 90.3 Å². The highest BCUT2D eigenvalue weighted by atomic mass is 16.2. The lowest BCUT2D eigenvalue weighted by Gasteiger charge is -2.09. The van der Waals surface area contributed by atoms with Crippen LogP contribution < -0.4 is 16.0 Å². The van der Waals surface area contributed by atoms with Crippen molar-refractivity contribution < 1.29 is 14.4 Å². The monoisotopic (exact) mass is 402 g/mol. The predicted molar refractivity (Wildman–Crippen MR) is 115 cm³/mol. The Kier molecular flexibility index (Phi) is 7.27. The Morgan fingerprint density at radius 3 is 2.30 bits per heavy atom. The number of nitrogens with zero attached hydrogens (tertiary/aromatic N) is 1. The molecule has 0 aliphatic heterocycles. The zero-order valence-electron chi connectivity index (χ0n) is 16.3. The maximum atomic E-state index is 12.4. The smallest absolute Gasteiger partial charge is 0.255 e. The van der Waals surface area contributed by atoms with Gasteiger partial charge in [0.1, 0.15) is 0 Å². The van der Waals surface area contributed by atoms with Gasteiger partial charge in [0, 0.05) is 42.3 Å². The highest BCUT2D eigenvalue weighted by Gasteiger charge is 2.09. The number of hydrogen-bond acceptors (Lipinski definition) is 4. The van der Waals surface area contributed by atoms with Crippen LogP contribution in [-0.4, -0.2) is 29.3 Å². The molecule has 7 nitrogen and oxygen atoms in total. The van der Waals surface area contributed by atoms with Crippen LogP contribution in [-0.2, 0) is 16.0 Å². The largest absolute Gasteiger partial charge is 0.355 e. The SMILES string of the molecule is O=C(Cc1ccccc1)NCCC(=O)Nc1cccc(C(=O)Nc2ccncc2)c1. The fraction of sp³-hybridized carbons (Fsp3) is 0.130. The molecule has 0 spiro atoms. The normalized spacial score (nSPS) is 10.1. The minimum atomic E-state index is -0.287. The first-order valence-corrected chi connectivity index (χ1v) is 9.52. The summed E-state index contributed by atoms with van der Waals surface area (Å²) in [4.78, 5) is 40.3. The average Bonchev–Trinajstić information content (AvgIpc) is 2.75. The third-order valence-corrected chi connectivity index (χ3v) is 4.23. The number of pyridine rings is 1. The van der Waals surface area contributed by atoms with Crippen LogP contribution in [0.25, 0.3) is 0 Å². The zero-order chi connectivity index (χ0) is 21.2. The van der Waals surface area contributed by atoms with Crippen molar-refractivity contribution in [3.63, 3.8) is 0 Å². The lowest BCUT2D eigenvalue weighted by molar-refractivity contribution is -0.120. The number of nitrogens with one attached hydrogen (secondary N) is 3. The molecule has 0 fully saturated rings. The molecule has 1 aromatic heterocycles. The van der Waals surface area contributed by atoms with Gasteiger partial charge in [-0.15, -0.1) is 0 Å². The van der Waals surface area contributed by atoms with E-state index in [2.05, 4.69) is 20.9 Å². The average molecular weight is 402 g/mol. The number of rotatable bonds is 8. The second kappa shape index (κ2) is 10.5. The van der Waals surface area contributed by atoms with Crippen LogP contribution in [0, 0.1) is 0 Å². The Bertz CT molecular complexity index is 1010. The molecular formula is C23H22N4O3. The van der Waals surface area contributed by atoms with Crippen LogP contribution in [0.2, 0.25) is 0 Å². The molecule has 3 rings (SSSR count). The van der Waals surface area contributed by atoms with Crippen molar-refractivity contribution in [1.82, 2.24) is 10.3 Å². The first-order chi connectivity index (χ1) is 14.6. The molecule has 0 saturated carbocycles. The molecule has 30 heavy (non-hydrogen) atoms. The number of benzene rings is 2. The Morgan fingerprint density at radius 2 is 1.53 bits per heavy atom. The molecule has 0 aliphatic rings. The van der Waals surface area contributed by atoms with Crippen LogP contribution in [0.1, 0.15) is 22.3 Å². The summed E-state index contributed by atoms with van der Waals surface area (Å²) in [6.45, 7) is 0.236. The second-order valence-electron chi connectivity index (χ2n) is 6.58. The van der Waals surface area contributed by atoms with Gasteiger partial charge in [-0.1, -0.05) is 36.4 Å². The van der Waals surface area contributed by atoms with Gasteiger partial charge in [-0.05, 0) is 35.9 Å². The fourth-order valence-corrected chi connectivity index (χ4v) is 2.76. The van der Waals surface area contributed by atoms with Gasteiger partial charge >= 0.3 is 0 Å². The third kappa shape index (κ3) is 6.56. The number of hydrogen-bond donors (Lipinski definition) is 3. The summed E-state index contributed by atoms with van der Waals surface area (Å²) >= 11 is 0. The molecule has 0 atom stereocenters. The summed E-state index contributed by atoms with van der Waals surface area (Å²) in [7, 11) is 0. The fourth-order valence-electron chi connectivity index (χ4n) is 2.76. The number of carbonyl (C=O) groups is 3. The number of amides is 3. The Labute approximate surface area is 174 Å². The molecule has 2 aromatic carbocycles. The van der Waals surface area contributed by atoms with Crippen molar-refractivity contribution in [2.24, 2.45) is 0 Å².